The number of nitrogens with zero attached hydrogens (tertiary/aromatic N) is 1. The zero-order chi connectivity index (χ0) is 14.1. The molecule has 2 N–H and O–H groups in total. The van der Waals surface area contributed by atoms with E-state index < -0.39 is 0 Å². The molecule has 1 aromatic rings. The van der Waals surface area contributed by atoms with Gasteiger partial charge in [-0.1, -0.05) is 12.1 Å². The van der Waals surface area contributed by atoms with Crippen molar-refractivity contribution in [2.45, 2.75) is 26.9 Å². The van der Waals surface area contributed by atoms with E-state index in [1.165, 1.54) is 0 Å². The molecule has 0 saturated heterocycles. The summed E-state index contributed by atoms with van der Waals surface area (Å²) in [7, 11) is 0. The number of hydrogen-bond donors (Lipinski definition) is 2. The highest BCUT2D eigenvalue weighted by Crippen LogP contribution is 2.24. The Balaban J connectivity index is 2.52. The summed E-state index contributed by atoms with van der Waals surface area (Å²) >= 11 is 3.47. The molecule has 19 heavy (non-hydrogen) atoms. The van der Waals surface area contributed by atoms with Gasteiger partial charge in [-0.05, 0) is 48.8 Å². The quantitative estimate of drug-likeness (QED) is 0.623. The molecule has 1 unspecified atom stereocenters. The van der Waals surface area contributed by atoms with E-state index >= 15 is 0 Å². The largest absolute Gasteiger partial charge is 0.488 e. The van der Waals surface area contributed by atoms with Gasteiger partial charge in [-0.3, -0.25) is 0 Å². The Morgan fingerprint density at radius 2 is 1.89 bits per heavy atom. The van der Waals surface area contributed by atoms with Crippen molar-refractivity contribution in [1.29, 1.82) is 0 Å². The summed E-state index contributed by atoms with van der Waals surface area (Å²) in [5.74, 6) is 1.67. The molecule has 0 heterocycles. The standard InChI is InChI=1S/C14H22BrN3O/c1-4-16-14(17-5-2)18-10-11(3)19-13-9-7-6-8-12(13)15/h6-9,11H,4-5,10H2,1-3H3,(H2,16,17,18). The van der Waals surface area contributed by atoms with Crippen molar-refractivity contribution in [2.24, 2.45) is 4.99 Å². The number of hydrogen-bond acceptors (Lipinski definition) is 2. The number of benzene rings is 1. The number of aliphatic imine (C=N–C) groups is 1. The second kappa shape index (κ2) is 8.80. The molecular weight excluding hydrogens is 306 g/mol. The van der Waals surface area contributed by atoms with E-state index in [0.717, 1.165) is 29.3 Å². The normalized spacial score (nSPS) is 11.6. The summed E-state index contributed by atoms with van der Waals surface area (Å²) in [5, 5.41) is 6.38. The van der Waals surface area contributed by atoms with Crippen molar-refractivity contribution in [2.75, 3.05) is 19.6 Å². The highest BCUT2D eigenvalue weighted by atomic mass is 79.9. The van der Waals surface area contributed by atoms with E-state index in [2.05, 4.69) is 31.6 Å². The Bertz CT molecular complexity index is 401. The SMILES string of the molecule is CCNC(=NCC(C)Oc1ccccc1Br)NCC. The molecule has 1 aromatic carbocycles. The highest BCUT2D eigenvalue weighted by Gasteiger charge is 2.06. The van der Waals surface area contributed by atoms with Crippen LogP contribution in [0.15, 0.2) is 33.7 Å². The molecular formula is C14H22BrN3O. The van der Waals surface area contributed by atoms with Crippen LogP contribution in [-0.2, 0) is 0 Å². The maximum Gasteiger partial charge on any atom is 0.191 e. The zero-order valence-electron chi connectivity index (χ0n) is 11.7. The van der Waals surface area contributed by atoms with Crippen LogP contribution in [0.25, 0.3) is 0 Å². The minimum Gasteiger partial charge on any atom is -0.488 e. The van der Waals surface area contributed by atoms with Gasteiger partial charge in [-0.25, -0.2) is 4.99 Å². The van der Waals surface area contributed by atoms with Gasteiger partial charge in [0, 0.05) is 13.1 Å². The van der Waals surface area contributed by atoms with Crippen molar-refractivity contribution in [1.82, 2.24) is 10.6 Å². The van der Waals surface area contributed by atoms with E-state index in [-0.39, 0.29) is 6.10 Å². The number of ether oxygens (including phenoxy) is 1. The molecule has 106 valence electrons. The Hall–Kier alpha value is -1.23. The number of para-hydroxylation sites is 1. The van der Waals surface area contributed by atoms with E-state index in [9.17, 15) is 0 Å². The van der Waals surface area contributed by atoms with Crippen LogP contribution in [0.3, 0.4) is 0 Å². The topological polar surface area (TPSA) is 45.7 Å². The van der Waals surface area contributed by atoms with Gasteiger partial charge in [-0.2, -0.15) is 0 Å². The number of guanidine groups is 1. The van der Waals surface area contributed by atoms with Crippen LogP contribution in [0.5, 0.6) is 5.75 Å². The lowest BCUT2D eigenvalue weighted by atomic mass is 10.3. The van der Waals surface area contributed by atoms with Crippen LogP contribution in [0, 0.1) is 0 Å². The fourth-order valence-electron chi connectivity index (χ4n) is 1.52. The first-order valence-corrected chi connectivity index (χ1v) is 7.40. The fourth-order valence-corrected chi connectivity index (χ4v) is 1.90. The molecule has 0 radical (unpaired) electrons. The highest BCUT2D eigenvalue weighted by molar-refractivity contribution is 9.10. The molecule has 1 rings (SSSR count). The number of rotatable bonds is 6. The predicted octanol–water partition coefficient (Wildman–Crippen LogP) is 2.79. The summed E-state index contributed by atoms with van der Waals surface area (Å²) < 4.78 is 6.80. The zero-order valence-corrected chi connectivity index (χ0v) is 13.3. The Kier molecular flexibility index (Phi) is 7.33. The molecule has 0 aliphatic heterocycles. The van der Waals surface area contributed by atoms with Crippen LogP contribution in [0.4, 0.5) is 0 Å². The Labute approximate surface area is 123 Å². The minimum absolute atomic E-state index is 0.0195. The summed E-state index contributed by atoms with van der Waals surface area (Å²) in [6, 6.07) is 7.83. The number of nitrogens with one attached hydrogen (secondary N) is 2. The van der Waals surface area contributed by atoms with Gasteiger partial charge in [0.15, 0.2) is 5.96 Å². The fraction of sp³-hybridized carbons (Fsp3) is 0.500. The molecule has 0 aliphatic rings. The maximum atomic E-state index is 5.84. The molecule has 4 nitrogen and oxygen atoms in total. The van der Waals surface area contributed by atoms with Gasteiger partial charge in [-0.15, -0.1) is 0 Å². The molecule has 0 spiro atoms. The third-order valence-corrected chi connectivity index (χ3v) is 3.01. The minimum atomic E-state index is 0.0195. The van der Waals surface area contributed by atoms with Crippen molar-refractivity contribution in [3.05, 3.63) is 28.7 Å². The summed E-state index contributed by atoms with van der Waals surface area (Å²) in [6.07, 6.45) is 0.0195. The van der Waals surface area contributed by atoms with E-state index in [1.54, 1.807) is 0 Å². The van der Waals surface area contributed by atoms with Crippen molar-refractivity contribution in [3.63, 3.8) is 0 Å². The van der Waals surface area contributed by atoms with Gasteiger partial charge in [0.1, 0.15) is 11.9 Å². The summed E-state index contributed by atoms with van der Waals surface area (Å²) in [6.45, 7) is 8.42. The van der Waals surface area contributed by atoms with Crippen LogP contribution in [-0.4, -0.2) is 31.7 Å². The van der Waals surface area contributed by atoms with Crippen LogP contribution in [0.2, 0.25) is 0 Å². The first-order chi connectivity index (χ1) is 9.17. The lowest BCUT2D eigenvalue weighted by molar-refractivity contribution is 0.228. The van der Waals surface area contributed by atoms with E-state index in [4.69, 9.17) is 4.74 Å². The molecule has 0 bridgehead atoms. The second-order valence-corrected chi connectivity index (χ2v) is 4.96. The molecule has 0 aliphatic carbocycles. The average Bonchev–Trinajstić information content (AvgIpc) is 2.39. The van der Waals surface area contributed by atoms with Crippen LogP contribution in [0.1, 0.15) is 20.8 Å². The van der Waals surface area contributed by atoms with Gasteiger partial charge < -0.3 is 15.4 Å². The molecule has 0 saturated carbocycles. The Morgan fingerprint density at radius 1 is 1.26 bits per heavy atom. The van der Waals surface area contributed by atoms with Crippen LogP contribution >= 0.6 is 15.9 Å². The second-order valence-electron chi connectivity index (χ2n) is 4.11. The van der Waals surface area contributed by atoms with Crippen molar-refractivity contribution in [3.8, 4) is 5.75 Å². The smallest absolute Gasteiger partial charge is 0.191 e. The van der Waals surface area contributed by atoms with Gasteiger partial charge in [0.05, 0.1) is 11.0 Å². The van der Waals surface area contributed by atoms with Crippen molar-refractivity contribution >= 4 is 21.9 Å². The summed E-state index contributed by atoms with van der Waals surface area (Å²) in [4.78, 5) is 4.48. The first-order valence-electron chi connectivity index (χ1n) is 6.60. The molecule has 0 aromatic heterocycles. The predicted molar refractivity (Wildman–Crippen MR) is 83.9 cm³/mol. The maximum absolute atomic E-state index is 5.84. The van der Waals surface area contributed by atoms with E-state index in [0.29, 0.717) is 6.54 Å². The first kappa shape index (κ1) is 15.8. The number of halogens is 1. The van der Waals surface area contributed by atoms with Crippen LogP contribution < -0.4 is 15.4 Å². The van der Waals surface area contributed by atoms with Gasteiger partial charge in [0.25, 0.3) is 0 Å². The molecule has 0 fully saturated rings. The van der Waals surface area contributed by atoms with Gasteiger partial charge in [0.2, 0.25) is 0 Å². The third kappa shape index (κ3) is 5.96. The monoisotopic (exact) mass is 327 g/mol. The molecule has 1 atom stereocenters. The summed E-state index contributed by atoms with van der Waals surface area (Å²) in [5.41, 5.74) is 0. The van der Waals surface area contributed by atoms with Crippen molar-refractivity contribution < 1.29 is 4.74 Å². The third-order valence-electron chi connectivity index (χ3n) is 2.36. The lowest BCUT2D eigenvalue weighted by Gasteiger charge is -2.15. The van der Waals surface area contributed by atoms with Gasteiger partial charge >= 0.3 is 0 Å². The average molecular weight is 328 g/mol. The molecule has 0 amide bonds. The van der Waals surface area contributed by atoms with E-state index in [1.807, 2.05) is 45.0 Å². The molecule has 5 heteroatoms. The Morgan fingerprint density at radius 3 is 2.47 bits per heavy atom. The lowest BCUT2D eigenvalue weighted by Crippen LogP contribution is -2.37.